The van der Waals surface area contributed by atoms with Crippen LogP contribution in [0.3, 0.4) is 0 Å². The Morgan fingerprint density at radius 2 is 2.40 bits per heavy atom. The van der Waals surface area contributed by atoms with Crippen LogP contribution in [0, 0.1) is 0 Å². The van der Waals surface area contributed by atoms with Crippen LogP contribution < -0.4 is 0 Å². The van der Waals surface area contributed by atoms with Gasteiger partial charge < -0.3 is 5.11 Å². The average molecular weight is 223 g/mol. The van der Waals surface area contributed by atoms with Gasteiger partial charge in [0.1, 0.15) is 4.88 Å². The Kier molecular flexibility index (Phi) is 1.91. The predicted octanol–water partition coefficient (Wildman–Crippen LogP) is 2.14. The highest BCUT2D eigenvalue weighted by Gasteiger charge is 2.38. The Morgan fingerprint density at radius 1 is 1.60 bits per heavy atom. The number of nitrogens with zero attached hydrogens (tertiary/aromatic N) is 1. The van der Waals surface area contributed by atoms with E-state index < -0.39 is 5.97 Å². The first-order valence-electron chi connectivity index (χ1n) is 5.24. The molecule has 0 saturated carbocycles. The third-order valence-corrected chi connectivity index (χ3v) is 4.83. The van der Waals surface area contributed by atoms with Crippen molar-refractivity contribution in [3.8, 4) is 0 Å². The molecular weight excluding hydrogens is 210 g/mol. The van der Waals surface area contributed by atoms with Gasteiger partial charge in [-0.3, -0.25) is 4.90 Å². The molecule has 3 heterocycles. The van der Waals surface area contributed by atoms with Crippen LogP contribution in [-0.2, 0) is 6.42 Å². The highest BCUT2D eigenvalue weighted by molar-refractivity contribution is 7.14. The molecule has 0 amide bonds. The highest BCUT2D eigenvalue weighted by atomic mass is 32.1. The minimum absolute atomic E-state index is 0.475. The number of rotatable bonds is 1. The van der Waals surface area contributed by atoms with E-state index in [1.165, 1.54) is 34.6 Å². The van der Waals surface area contributed by atoms with Crippen molar-refractivity contribution in [3.63, 3.8) is 0 Å². The molecule has 0 aliphatic carbocycles. The zero-order valence-corrected chi connectivity index (χ0v) is 9.38. The number of hydrogen-bond donors (Lipinski definition) is 1. The van der Waals surface area contributed by atoms with Crippen LogP contribution in [0.2, 0.25) is 0 Å². The normalized spacial score (nSPS) is 29.1. The number of thiophene rings is 1. The van der Waals surface area contributed by atoms with Gasteiger partial charge in [0.25, 0.3) is 0 Å². The summed E-state index contributed by atoms with van der Waals surface area (Å²) in [6.07, 6.45) is 3.48. The molecule has 80 valence electrons. The fraction of sp³-hybridized carbons (Fsp3) is 0.545. The maximum Gasteiger partial charge on any atom is 0.345 e. The number of likely N-dealkylation sites (N-methyl/N-ethyl adjacent to an activating group) is 1. The quantitative estimate of drug-likeness (QED) is 0.793. The van der Waals surface area contributed by atoms with Gasteiger partial charge in [0.05, 0.1) is 0 Å². The Balaban J connectivity index is 2.06. The molecule has 4 heteroatoms. The monoisotopic (exact) mass is 223 g/mol. The minimum Gasteiger partial charge on any atom is -0.477 e. The summed E-state index contributed by atoms with van der Waals surface area (Å²) in [6.45, 7) is 0. The first-order chi connectivity index (χ1) is 7.16. The second-order valence-electron chi connectivity index (χ2n) is 4.41. The van der Waals surface area contributed by atoms with Crippen molar-refractivity contribution < 1.29 is 9.90 Å². The van der Waals surface area contributed by atoms with Crippen molar-refractivity contribution in [1.29, 1.82) is 0 Å². The lowest BCUT2D eigenvalue weighted by atomic mass is 10.0. The Labute approximate surface area is 92.3 Å². The van der Waals surface area contributed by atoms with Crippen molar-refractivity contribution >= 4 is 17.3 Å². The molecule has 2 atom stereocenters. The molecule has 0 aromatic carbocycles. The molecule has 1 N–H and O–H groups in total. The fourth-order valence-corrected chi connectivity index (χ4v) is 3.96. The molecule has 1 aromatic heterocycles. The molecule has 1 saturated heterocycles. The van der Waals surface area contributed by atoms with Gasteiger partial charge in [0, 0.05) is 17.0 Å². The maximum absolute atomic E-state index is 10.9. The zero-order chi connectivity index (χ0) is 10.6. The van der Waals surface area contributed by atoms with E-state index in [-0.39, 0.29) is 0 Å². The standard InChI is InChI=1S/C11H13NO2S/c1-12-6-2-3-8(12)7-5-10(11(13)14)15-9(7)4-6/h5-6,8H,2-4H2,1H3,(H,13,14)/t6-,8-/m0/s1. The molecule has 0 radical (unpaired) electrons. The van der Waals surface area contributed by atoms with Crippen LogP contribution in [0.15, 0.2) is 6.07 Å². The van der Waals surface area contributed by atoms with Crippen molar-refractivity contribution in [3.05, 3.63) is 21.4 Å². The average Bonchev–Trinajstić information content (AvgIpc) is 2.70. The second-order valence-corrected chi connectivity index (χ2v) is 5.55. The molecule has 1 fully saturated rings. The summed E-state index contributed by atoms with van der Waals surface area (Å²) in [5, 5.41) is 8.97. The summed E-state index contributed by atoms with van der Waals surface area (Å²) < 4.78 is 0. The summed E-state index contributed by atoms with van der Waals surface area (Å²) in [4.78, 5) is 15.1. The van der Waals surface area contributed by atoms with E-state index in [0.717, 1.165) is 6.42 Å². The van der Waals surface area contributed by atoms with Gasteiger partial charge in [0.15, 0.2) is 0 Å². The van der Waals surface area contributed by atoms with E-state index in [9.17, 15) is 4.79 Å². The van der Waals surface area contributed by atoms with Crippen LogP contribution in [0.25, 0.3) is 0 Å². The van der Waals surface area contributed by atoms with E-state index in [0.29, 0.717) is 17.0 Å². The van der Waals surface area contributed by atoms with Crippen molar-refractivity contribution in [2.45, 2.75) is 31.3 Å². The van der Waals surface area contributed by atoms with E-state index in [2.05, 4.69) is 11.9 Å². The summed E-state index contributed by atoms with van der Waals surface area (Å²) in [7, 11) is 2.16. The van der Waals surface area contributed by atoms with Gasteiger partial charge in [-0.2, -0.15) is 0 Å². The summed E-state index contributed by atoms with van der Waals surface area (Å²) in [5.41, 5.74) is 1.27. The zero-order valence-electron chi connectivity index (χ0n) is 8.56. The summed E-state index contributed by atoms with van der Waals surface area (Å²) in [5.74, 6) is -0.784. The van der Waals surface area contributed by atoms with E-state index >= 15 is 0 Å². The number of carbonyl (C=O) groups is 1. The molecule has 3 nitrogen and oxygen atoms in total. The third kappa shape index (κ3) is 1.25. The smallest absolute Gasteiger partial charge is 0.345 e. The van der Waals surface area contributed by atoms with E-state index in [1.807, 2.05) is 6.07 Å². The predicted molar refractivity (Wildman–Crippen MR) is 58.5 cm³/mol. The fourth-order valence-electron chi connectivity index (χ4n) is 2.84. The molecule has 2 aliphatic rings. The number of hydrogen-bond acceptors (Lipinski definition) is 3. The van der Waals surface area contributed by atoms with Crippen LogP contribution in [0.1, 0.15) is 39.0 Å². The topological polar surface area (TPSA) is 40.5 Å². The SMILES string of the molecule is CN1[C@H]2CC[C@H]1c1cc(C(=O)O)sc1C2. The number of carboxylic acids is 1. The van der Waals surface area contributed by atoms with Crippen LogP contribution in [0.4, 0.5) is 0 Å². The number of aromatic carboxylic acids is 1. The summed E-state index contributed by atoms with van der Waals surface area (Å²) in [6, 6.07) is 3.00. The van der Waals surface area contributed by atoms with Crippen LogP contribution in [0.5, 0.6) is 0 Å². The number of carboxylic acid groups (broad SMARTS) is 1. The Bertz CT molecular complexity index is 426. The molecule has 1 aromatic rings. The lowest BCUT2D eigenvalue weighted by Crippen LogP contribution is -2.33. The molecule has 0 spiro atoms. The summed E-state index contributed by atoms with van der Waals surface area (Å²) >= 11 is 1.47. The van der Waals surface area contributed by atoms with Crippen molar-refractivity contribution in [2.24, 2.45) is 0 Å². The Morgan fingerprint density at radius 3 is 3.13 bits per heavy atom. The van der Waals surface area contributed by atoms with E-state index in [1.54, 1.807) is 0 Å². The minimum atomic E-state index is -0.784. The molecule has 0 unspecified atom stereocenters. The third-order valence-electron chi connectivity index (χ3n) is 3.67. The van der Waals surface area contributed by atoms with Crippen LogP contribution in [-0.4, -0.2) is 29.1 Å². The molecular formula is C11H13NO2S. The van der Waals surface area contributed by atoms with Gasteiger partial charge in [-0.05, 0) is 37.9 Å². The van der Waals surface area contributed by atoms with Crippen LogP contribution >= 0.6 is 11.3 Å². The molecule has 15 heavy (non-hydrogen) atoms. The first kappa shape index (κ1) is 9.36. The largest absolute Gasteiger partial charge is 0.477 e. The van der Waals surface area contributed by atoms with Gasteiger partial charge in [-0.15, -0.1) is 11.3 Å². The highest BCUT2D eigenvalue weighted by Crippen LogP contribution is 2.45. The lowest BCUT2D eigenvalue weighted by molar-refractivity contribution is 0.0702. The molecule has 2 aliphatic heterocycles. The second kappa shape index (κ2) is 3.06. The van der Waals surface area contributed by atoms with Gasteiger partial charge in [-0.25, -0.2) is 4.79 Å². The first-order valence-corrected chi connectivity index (χ1v) is 6.06. The Hall–Kier alpha value is -0.870. The van der Waals surface area contributed by atoms with Gasteiger partial charge in [-0.1, -0.05) is 0 Å². The number of fused-ring (bicyclic) bond motifs is 4. The molecule has 2 bridgehead atoms. The van der Waals surface area contributed by atoms with Gasteiger partial charge >= 0.3 is 5.97 Å². The van der Waals surface area contributed by atoms with E-state index in [4.69, 9.17) is 5.11 Å². The van der Waals surface area contributed by atoms with Crippen molar-refractivity contribution in [1.82, 2.24) is 4.90 Å². The van der Waals surface area contributed by atoms with Gasteiger partial charge in [0.2, 0.25) is 0 Å². The molecule has 3 rings (SSSR count). The maximum atomic E-state index is 10.9. The lowest BCUT2D eigenvalue weighted by Gasteiger charge is -2.30. The van der Waals surface area contributed by atoms with Crippen molar-refractivity contribution in [2.75, 3.05) is 7.05 Å².